The van der Waals surface area contributed by atoms with E-state index in [2.05, 4.69) is 30.9 Å². The lowest BCUT2D eigenvalue weighted by molar-refractivity contribution is 0.271. The highest BCUT2D eigenvalue weighted by Crippen LogP contribution is 2.39. The Morgan fingerprint density at radius 3 is 2.88 bits per heavy atom. The molecular weight excluding hydrogens is 330 g/mol. The van der Waals surface area contributed by atoms with Crippen molar-refractivity contribution in [3.8, 4) is 0 Å². The summed E-state index contributed by atoms with van der Waals surface area (Å²) in [7, 11) is 0. The van der Waals surface area contributed by atoms with Crippen LogP contribution < -0.4 is 10.6 Å². The third-order valence-electron chi connectivity index (χ3n) is 4.59. The fraction of sp³-hybridized carbons (Fsp3) is 0.444. The standard InChI is InChI=1S/C18H23N7O/c1-2-13(11-26)21-16-9-15(20-10-14-5-3-4-8-19-14)18-23-22-17(12-6-7-12)25(18)24-16/h3-5,8-9,12-13,20,26H,2,6-7,10-11H2,1H3,(H,21,24)/t13-/m0/s1. The predicted molar refractivity (Wildman–Crippen MR) is 99.1 cm³/mol. The molecule has 26 heavy (non-hydrogen) atoms. The van der Waals surface area contributed by atoms with Crippen LogP contribution in [0, 0.1) is 0 Å². The zero-order valence-electron chi connectivity index (χ0n) is 14.8. The maximum Gasteiger partial charge on any atom is 0.201 e. The summed E-state index contributed by atoms with van der Waals surface area (Å²) in [5.74, 6) is 2.04. The highest BCUT2D eigenvalue weighted by molar-refractivity contribution is 5.70. The van der Waals surface area contributed by atoms with E-state index in [1.807, 2.05) is 35.7 Å². The second kappa shape index (κ2) is 7.25. The van der Waals surface area contributed by atoms with Crippen LogP contribution >= 0.6 is 0 Å². The average Bonchev–Trinajstić information content (AvgIpc) is 3.44. The van der Waals surface area contributed by atoms with Crippen LogP contribution in [-0.4, -0.2) is 42.6 Å². The number of nitrogens with zero attached hydrogens (tertiary/aromatic N) is 5. The topological polar surface area (TPSA) is 100 Å². The number of aliphatic hydroxyl groups excluding tert-OH is 1. The third-order valence-corrected chi connectivity index (χ3v) is 4.59. The van der Waals surface area contributed by atoms with E-state index in [0.29, 0.717) is 23.9 Å². The molecule has 0 amide bonds. The van der Waals surface area contributed by atoms with E-state index in [1.54, 1.807) is 6.20 Å². The monoisotopic (exact) mass is 353 g/mol. The molecule has 0 saturated heterocycles. The summed E-state index contributed by atoms with van der Waals surface area (Å²) < 4.78 is 1.82. The van der Waals surface area contributed by atoms with Crippen molar-refractivity contribution in [2.24, 2.45) is 0 Å². The molecule has 4 rings (SSSR count). The van der Waals surface area contributed by atoms with Gasteiger partial charge in [-0.25, -0.2) is 0 Å². The van der Waals surface area contributed by atoms with Crippen LogP contribution in [0.4, 0.5) is 11.5 Å². The third kappa shape index (κ3) is 3.45. The fourth-order valence-electron chi connectivity index (χ4n) is 2.87. The summed E-state index contributed by atoms with van der Waals surface area (Å²) in [6.07, 6.45) is 4.85. The first-order chi connectivity index (χ1) is 12.8. The minimum atomic E-state index is -0.0376. The van der Waals surface area contributed by atoms with Gasteiger partial charge >= 0.3 is 0 Å². The molecule has 1 atom stereocenters. The SMILES string of the molecule is CC[C@@H](CO)Nc1cc(NCc2ccccn2)c2nnc(C3CC3)n2n1. The van der Waals surface area contributed by atoms with Crippen LogP contribution in [0.2, 0.25) is 0 Å². The lowest BCUT2D eigenvalue weighted by Gasteiger charge is -2.16. The largest absolute Gasteiger partial charge is 0.394 e. The van der Waals surface area contributed by atoms with E-state index in [4.69, 9.17) is 0 Å². The molecule has 1 aliphatic carbocycles. The Kier molecular flexibility index (Phi) is 4.66. The van der Waals surface area contributed by atoms with E-state index in [1.165, 1.54) is 0 Å². The van der Waals surface area contributed by atoms with Gasteiger partial charge in [-0.1, -0.05) is 13.0 Å². The van der Waals surface area contributed by atoms with E-state index < -0.39 is 0 Å². The van der Waals surface area contributed by atoms with Crippen molar-refractivity contribution in [2.75, 3.05) is 17.2 Å². The summed E-state index contributed by atoms with van der Waals surface area (Å²) in [6, 6.07) is 7.72. The highest BCUT2D eigenvalue weighted by atomic mass is 16.3. The number of anilines is 2. The summed E-state index contributed by atoms with van der Waals surface area (Å²) in [6.45, 7) is 2.68. The smallest absolute Gasteiger partial charge is 0.201 e. The summed E-state index contributed by atoms with van der Waals surface area (Å²) >= 11 is 0. The Morgan fingerprint density at radius 2 is 2.19 bits per heavy atom. The number of rotatable bonds is 8. The molecule has 8 heteroatoms. The Bertz CT molecular complexity index is 872. The normalized spacial score (nSPS) is 15.2. The lowest BCUT2D eigenvalue weighted by Crippen LogP contribution is -2.24. The van der Waals surface area contributed by atoms with Gasteiger partial charge in [-0.3, -0.25) is 4.98 Å². The van der Waals surface area contributed by atoms with Gasteiger partial charge in [-0.15, -0.1) is 15.3 Å². The summed E-state index contributed by atoms with van der Waals surface area (Å²) in [4.78, 5) is 4.35. The van der Waals surface area contributed by atoms with E-state index in [0.717, 1.165) is 36.5 Å². The minimum Gasteiger partial charge on any atom is -0.394 e. The van der Waals surface area contributed by atoms with Gasteiger partial charge in [0.1, 0.15) is 5.82 Å². The van der Waals surface area contributed by atoms with Crippen LogP contribution in [0.3, 0.4) is 0 Å². The molecule has 1 saturated carbocycles. The molecule has 3 N–H and O–H groups in total. The second-order valence-electron chi connectivity index (χ2n) is 6.62. The van der Waals surface area contributed by atoms with E-state index >= 15 is 0 Å². The van der Waals surface area contributed by atoms with Crippen LogP contribution in [0.15, 0.2) is 30.5 Å². The maximum atomic E-state index is 9.49. The first-order valence-electron chi connectivity index (χ1n) is 9.06. The average molecular weight is 353 g/mol. The molecule has 8 nitrogen and oxygen atoms in total. The molecule has 0 bridgehead atoms. The van der Waals surface area contributed by atoms with Crippen LogP contribution in [0.1, 0.15) is 43.6 Å². The maximum absolute atomic E-state index is 9.49. The molecule has 0 radical (unpaired) electrons. The first kappa shape index (κ1) is 16.7. The number of aromatic nitrogens is 5. The van der Waals surface area contributed by atoms with Crippen molar-refractivity contribution in [3.63, 3.8) is 0 Å². The quantitative estimate of drug-likeness (QED) is 0.571. The number of nitrogens with one attached hydrogen (secondary N) is 2. The van der Waals surface area contributed by atoms with Gasteiger partial charge in [-0.2, -0.15) is 4.52 Å². The molecule has 0 spiro atoms. The van der Waals surface area contributed by atoms with Crippen LogP contribution in [0.5, 0.6) is 0 Å². The van der Waals surface area contributed by atoms with Crippen molar-refractivity contribution in [1.29, 1.82) is 0 Å². The molecule has 3 aromatic rings. The molecule has 3 heterocycles. The Hall–Kier alpha value is -2.74. The van der Waals surface area contributed by atoms with Gasteiger partial charge < -0.3 is 15.7 Å². The van der Waals surface area contributed by atoms with Crippen molar-refractivity contribution >= 4 is 17.2 Å². The molecule has 0 aliphatic heterocycles. The van der Waals surface area contributed by atoms with Crippen LogP contribution in [-0.2, 0) is 6.54 Å². The van der Waals surface area contributed by atoms with E-state index in [9.17, 15) is 5.11 Å². The Labute approximate surface area is 151 Å². The van der Waals surface area contributed by atoms with Gasteiger partial charge in [0.15, 0.2) is 5.82 Å². The number of hydrogen-bond donors (Lipinski definition) is 3. The molecule has 3 aromatic heterocycles. The van der Waals surface area contributed by atoms with Crippen molar-refractivity contribution in [3.05, 3.63) is 42.0 Å². The van der Waals surface area contributed by atoms with Gasteiger partial charge in [-0.05, 0) is 31.4 Å². The Morgan fingerprint density at radius 1 is 1.31 bits per heavy atom. The summed E-state index contributed by atoms with van der Waals surface area (Å²) in [5, 5.41) is 29.5. The number of fused-ring (bicyclic) bond motifs is 1. The predicted octanol–water partition coefficient (Wildman–Crippen LogP) is 2.19. The fourth-order valence-corrected chi connectivity index (χ4v) is 2.87. The first-order valence-corrected chi connectivity index (χ1v) is 9.06. The second-order valence-corrected chi connectivity index (χ2v) is 6.62. The van der Waals surface area contributed by atoms with E-state index in [-0.39, 0.29) is 12.6 Å². The molecule has 1 aliphatic rings. The molecule has 0 unspecified atom stereocenters. The van der Waals surface area contributed by atoms with Gasteiger partial charge in [0, 0.05) is 18.2 Å². The van der Waals surface area contributed by atoms with Crippen molar-refractivity contribution < 1.29 is 5.11 Å². The minimum absolute atomic E-state index is 0.0376. The van der Waals surface area contributed by atoms with Crippen molar-refractivity contribution in [1.82, 2.24) is 24.8 Å². The van der Waals surface area contributed by atoms with Crippen LogP contribution in [0.25, 0.3) is 5.65 Å². The number of pyridine rings is 1. The van der Waals surface area contributed by atoms with Gasteiger partial charge in [0.2, 0.25) is 5.65 Å². The molecule has 0 aromatic carbocycles. The zero-order chi connectivity index (χ0) is 17.9. The zero-order valence-corrected chi connectivity index (χ0v) is 14.8. The number of hydrogen-bond acceptors (Lipinski definition) is 7. The summed E-state index contributed by atoms with van der Waals surface area (Å²) in [5.41, 5.74) is 2.51. The van der Waals surface area contributed by atoms with Gasteiger partial charge in [0.05, 0.1) is 30.6 Å². The van der Waals surface area contributed by atoms with Crippen molar-refractivity contribution in [2.45, 2.75) is 44.7 Å². The molecule has 1 fully saturated rings. The molecular formula is C18H23N7O. The Balaban J connectivity index is 1.67. The lowest BCUT2D eigenvalue weighted by atomic mass is 10.2. The number of aliphatic hydroxyl groups is 1. The van der Waals surface area contributed by atoms with Gasteiger partial charge in [0.25, 0.3) is 0 Å². The highest BCUT2D eigenvalue weighted by Gasteiger charge is 2.30. The molecule has 136 valence electrons.